The van der Waals surface area contributed by atoms with Gasteiger partial charge in [-0.15, -0.1) is 0 Å². The van der Waals surface area contributed by atoms with Gasteiger partial charge in [-0.2, -0.15) is 0 Å². The second-order valence-corrected chi connectivity index (χ2v) is 3.86. The van der Waals surface area contributed by atoms with Crippen molar-refractivity contribution in [3.8, 4) is 0 Å². The molecule has 1 fully saturated rings. The van der Waals surface area contributed by atoms with Crippen LogP contribution in [0.4, 0.5) is 11.5 Å². The zero-order valence-corrected chi connectivity index (χ0v) is 9.33. The summed E-state index contributed by atoms with van der Waals surface area (Å²) in [4.78, 5) is 24.7. The Labute approximate surface area is 102 Å². The molecule has 1 unspecified atom stereocenters. The van der Waals surface area contributed by atoms with Gasteiger partial charge in [-0.3, -0.25) is 10.1 Å². The van der Waals surface area contributed by atoms with E-state index in [1.165, 1.54) is 0 Å². The number of ether oxygens (including phenoxy) is 1. The summed E-state index contributed by atoms with van der Waals surface area (Å²) in [6.45, 7) is 1.05. The number of hydrogen-bond acceptors (Lipinski definition) is 6. The van der Waals surface area contributed by atoms with Crippen molar-refractivity contribution in [2.75, 3.05) is 18.5 Å². The molecule has 2 N–H and O–H groups in total. The van der Waals surface area contributed by atoms with E-state index in [1.807, 2.05) is 0 Å². The summed E-state index contributed by atoms with van der Waals surface area (Å²) < 4.78 is 5.14. The molecule has 0 aromatic carbocycles. The van der Waals surface area contributed by atoms with E-state index in [0.717, 1.165) is 18.7 Å². The summed E-state index contributed by atoms with van der Waals surface area (Å²) in [7, 11) is 0. The summed E-state index contributed by atoms with van der Waals surface area (Å²) in [5.74, 6) is -1.18. The summed E-state index contributed by atoms with van der Waals surface area (Å²) in [5, 5.41) is 22.5. The van der Waals surface area contributed by atoms with Gasteiger partial charge in [0.25, 0.3) is 0 Å². The lowest BCUT2D eigenvalue weighted by atomic mass is 10.2. The van der Waals surface area contributed by atoms with E-state index in [0.29, 0.717) is 13.2 Å². The third-order valence-corrected chi connectivity index (χ3v) is 2.58. The molecule has 1 aromatic rings. The van der Waals surface area contributed by atoms with Crippen molar-refractivity contribution in [3.05, 3.63) is 27.9 Å². The number of aromatic carboxylic acids is 1. The van der Waals surface area contributed by atoms with Gasteiger partial charge in [-0.1, -0.05) is 0 Å². The van der Waals surface area contributed by atoms with Crippen molar-refractivity contribution >= 4 is 17.5 Å². The van der Waals surface area contributed by atoms with Crippen molar-refractivity contribution < 1.29 is 19.6 Å². The van der Waals surface area contributed by atoms with E-state index in [2.05, 4.69) is 10.3 Å². The van der Waals surface area contributed by atoms with Crippen LogP contribution >= 0.6 is 0 Å². The van der Waals surface area contributed by atoms with Crippen LogP contribution in [0, 0.1) is 10.1 Å². The summed E-state index contributed by atoms with van der Waals surface area (Å²) in [6.07, 6.45) is 1.83. The van der Waals surface area contributed by atoms with Gasteiger partial charge in [0.1, 0.15) is 0 Å². The first-order valence-electron chi connectivity index (χ1n) is 5.30. The van der Waals surface area contributed by atoms with Crippen LogP contribution in [-0.2, 0) is 4.74 Å². The van der Waals surface area contributed by atoms with Crippen LogP contribution in [0.15, 0.2) is 12.3 Å². The molecule has 1 aliphatic heterocycles. The molecule has 8 heteroatoms. The van der Waals surface area contributed by atoms with Gasteiger partial charge in [-0.25, -0.2) is 9.78 Å². The van der Waals surface area contributed by atoms with E-state index >= 15 is 0 Å². The quantitative estimate of drug-likeness (QED) is 0.604. The second-order valence-electron chi connectivity index (χ2n) is 3.86. The first-order valence-corrected chi connectivity index (χ1v) is 5.30. The number of anilines is 1. The number of aromatic nitrogens is 1. The van der Waals surface area contributed by atoms with Gasteiger partial charge < -0.3 is 15.2 Å². The highest BCUT2D eigenvalue weighted by atomic mass is 16.6. The fourth-order valence-electron chi connectivity index (χ4n) is 1.66. The maximum absolute atomic E-state index is 10.9. The predicted molar refractivity (Wildman–Crippen MR) is 60.7 cm³/mol. The van der Waals surface area contributed by atoms with Crippen molar-refractivity contribution in [1.29, 1.82) is 0 Å². The van der Waals surface area contributed by atoms with Gasteiger partial charge in [0.15, 0.2) is 0 Å². The zero-order valence-electron chi connectivity index (χ0n) is 9.33. The van der Waals surface area contributed by atoms with Crippen LogP contribution in [-0.4, -0.2) is 40.2 Å². The maximum atomic E-state index is 10.9. The molecule has 8 nitrogen and oxygen atoms in total. The molecule has 96 valence electrons. The number of carbonyl (C=O) groups is 1. The number of hydrogen-bond donors (Lipinski definition) is 2. The first kappa shape index (κ1) is 12.2. The molecule has 18 heavy (non-hydrogen) atoms. The number of carboxylic acid groups (broad SMARTS) is 1. The molecule has 1 atom stereocenters. The van der Waals surface area contributed by atoms with Crippen LogP contribution in [0.3, 0.4) is 0 Å². The Balaban J connectivity index is 2.28. The highest BCUT2D eigenvalue weighted by Gasteiger charge is 2.23. The summed E-state index contributed by atoms with van der Waals surface area (Å²) in [5.41, 5.74) is -0.559. The Morgan fingerprint density at radius 1 is 1.67 bits per heavy atom. The molecule has 0 saturated carbocycles. The second kappa shape index (κ2) is 4.96. The number of rotatable bonds is 4. The molecule has 0 amide bonds. The van der Waals surface area contributed by atoms with Crippen molar-refractivity contribution in [2.24, 2.45) is 0 Å². The maximum Gasteiger partial charge on any atom is 0.337 e. The van der Waals surface area contributed by atoms with Crippen LogP contribution in [0.1, 0.15) is 16.8 Å². The molecule has 1 aromatic heterocycles. The molecule has 0 radical (unpaired) electrons. The summed E-state index contributed by atoms with van der Waals surface area (Å²) in [6, 6.07) is 0.958. The van der Waals surface area contributed by atoms with E-state index in [-0.39, 0.29) is 23.1 Å². The van der Waals surface area contributed by atoms with Gasteiger partial charge in [0, 0.05) is 18.9 Å². The summed E-state index contributed by atoms with van der Waals surface area (Å²) >= 11 is 0. The highest BCUT2D eigenvalue weighted by Crippen LogP contribution is 2.24. The predicted octanol–water partition coefficient (Wildman–Crippen LogP) is 0.889. The third-order valence-electron chi connectivity index (χ3n) is 2.58. The van der Waals surface area contributed by atoms with Crippen molar-refractivity contribution in [2.45, 2.75) is 12.5 Å². The average Bonchev–Trinajstić information content (AvgIpc) is 2.81. The lowest BCUT2D eigenvalue weighted by Gasteiger charge is -2.11. The lowest BCUT2D eigenvalue weighted by Crippen LogP contribution is -2.20. The molecular formula is C10H11N3O5. The Morgan fingerprint density at radius 2 is 2.44 bits per heavy atom. The van der Waals surface area contributed by atoms with Crippen molar-refractivity contribution in [1.82, 2.24) is 4.98 Å². The van der Waals surface area contributed by atoms with E-state index in [4.69, 9.17) is 9.84 Å². The fraction of sp³-hybridized carbons (Fsp3) is 0.400. The first-order chi connectivity index (χ1) is 8.58. The van der Waals surface area contributed by atoms with E-state index in [1.54, 1.807) is 0 Å². The monoisotopic (exact) mass is 253 g/mol. The molecule has 2 heterocycles. The fourth-order valence-corrected chi connectivity index (χ4v) is 1.66. The Morgan fingerprint density at radius 3 is 3.00 bits per heavy atom. The molecular weight excluding hydrogens is 242 g/mol. The smallest absolute Gasteiger partial charge is 0.337 e. The Kier molecular flexibility index (Phi) is 3.38. The largest absolute Gasteiger partial charge is 0.478 e. The minimum absolute atomic E-state index is 0.0353. The van der Waals surface area contributed by atoms with Gasteiger partial charge in [0.05, 0.1) is 23.1 Å². The van der Waals surface area contributed by atoms with E-state index < -0.39 is 10.9 Å². The minimum atomic E-state index is -1.25. The molecule has 1 aliphatic rings. The molecule has 2 rings (SSSR count). The molecule has 0 bridgehead atoms. The van der Waals surface area contributed by atoms with Crippen LogP contribution in [0.25, 0.3) is 0 Å². The SMILES string of the molecule is O=C(O)c1cnc(NC2CCOC2)c([N+](=O)[O-])c1. The van der Waals surface area contributed by atoms with E-state index in [9.17, 15) is 14.9 Å². The average molecular weight is 253 g/mol. The molecule has 0 aliphatic carbocycles. The normalized spacial score (nSPS) is 18.6. The number of carboxylic acids is 1. The number of nitro groups is 1. The number of pyridine rings is 1. The van der Waals surface area contributed by atoms with Gasteiger partial charge in [0.2, 0.25) is 5.82 Å². The standard InChI is InChI=1S/C10H11N3O5/c14-10(15)6-3-8(13(16)17)9(11-4-6)12-7-1-2-18-5-7/h3-4,7H,1-2,5H2,(H,11,12)(H,14,15). The topological polar surface area (TPSA) is 115 Å². The third kappa shape index (κ3) is 2.54. The highest BCUT2D eigenvalue weighted by molar-refractivity contribution is 5.88. The zero-order chi connectivity index (χ0) is 13.1. The van der Waals surface area contributed by atoms with Crippen LogP contribution in [0.2, 0.25) is 0 Å². The van der Waals surface area contributed by atoms with Gasteiger partial charge in [-0.05, 0) is 6.42 Å². The van der Waals surface area contributed by atoms with Crippen molar-refractivity contribution in [3.63, 3.8) is 0 Å². The van der Waals surface area contributed by atoms with Crippen LogP contribution < -0.4 is 5.32 Å². The number of nitrogens with one attached hydrogen (secondary N) is 1. The lowest BCUT2D eigenvalue weighted by molar-refractivity contribution is -0.384. The minimum Gasteiger partial charge on any atom is -0.478 e. The Bertz CT molecular complexity index is 484. The van der Waals surface area contributed by atoms with Crippen LogP contribution in [0.5, 0.6) is 0 Å². The Hall–Kier alpha value is -2.22. The van der Waals surface area contributed by atoms with Gasteiger partial charge >= 0.3 is 11.7 Å². The molecule has 0 spiro atoms. The number of nitrogens with zero attached hydrogens (tertiary/aromatic N) is 2. The molecule has 1 saturated heterocycles.